The second-order valence-corrected chi connectivity index (χ2v) is 6.15. The molecule has 0 unspecified atom stereocenters. The molecule has 2 aromatic heterocycles. The number of amides is 1. The number of halogens is 1. The van der Waals surface area contributed by atoms with E-state index in [2.05, 4.69) is 25.9 Å². The first-order valence-corrected chi connectivity index (χ1v) is 7.95. The van der Waals surface area contributed by atoms with Gasteiger partial charge in [0, 0.05) is 36.7 Å². The monoisotopic (exact) mass is 370 g/mol. The molecule has 0 radical (unpaired) electrons. The number of rotatable bonds is 3. The molecule has 0 bridgehead atoms. The average Bonchev–Trinajstić information content (AvgIpc) is 2.80. The number of nitrogens with one attached hydrogen (secondary N) is 1. The van der Waals surface area contributed by atoms with E-state index >= 15 is 0 Å². The SMILES string of the molecule is O=C(CCn1c(=S)[nH]c2cc(Br)cnc21)N1CCOCC1. The zero-order valence-corrected chi connectivity index (χ0v) is 13.7. The van der Waals surface area contributed by atoms with E-state index in [1.54, 1.807) is 6.20 Å². The Labute approximate surface area is 135 Å². The van der Waals surface area contributed by atoms with Crippen molar-refractivity contribution in [3.63, 3.8) is 0 Å². The van der Waals surface area contributed by atoms with Crippen LogP contribution >= 0.6 is 28.1 Å². The van der Waals surface area contributed by atoms with Crippen LogP contribution in [-0.4, -0.2) is 51.6 Å². The summed E-state index contributed by atoms with van der Waals surface area (Å²) in [6.07, 6.45) is 2.14. The molecule has 0 aromatic carbocycles. The number of ether oxygens (including phenoxy) is 1. The molecule has 112 valence electrons. The third-order valence-electron chi connectivity index (χ3n) is 3.49. The summed E-state index contributed by atoms with van der Waals surface area (Å²) in [7, 11) is 0. The van der Waals surface area contributed by atoms with Gasteiger partial charge in [0.05, 0.1) is 18.7 Å². The predicted molar refractivity (Wildman–Crippen MR) is 84.6 cm³/mol. The largest absolute Gasteiger partial charge is 0.378 e. The number of aryl methyl sites for hydroxylation is 1. The lowest BCUT2D eigenvalue weighted by molar-refractivity contribution is -0.135. The van der Waals surface area contributed by atoms with Crippen molar-refractivity contribution in [3.8, 4) is 0 Å². The second kappa shape index (κ2) is 6.25. The van der Waals surface area contributed by atoms with Crippen LogP contribution in [-0.2, 0) is 16.1 Å². The van der Waals surface area contributed by atoms with E-state index < -0.39 is 0 Å². The van der Waals surface area contributed by atoms with Gasteiger partial charge in [0.1, 0.15) is 0 Å². The molecule has 21 heavy (non-hydrogen) atoms. The molecule has 1 fully saturated rings. The second-order valence-electron chi connectivity index (χ2n) is 4.85. The lowest BCUT2D eigenvalue weighted by Gasteiger charge is -2.26. The van der Waals surface area contributed by atoms with E-state index in [0.717, 1.165) is 15.6 Å². The Morgan fingerprint density at radius 1 is 1.48 bits per heavy atom. The van der Waals surface area contributed by atoms with Gasteiger partial charge in [-0.2, -0.15) is 0 Å². The summed E-state index contributed by atoms with van der Waals surface area (Å²) < 4.78 is 8.60. The van der Waals surface area contributed by atoms with E-state index in [9.17, 15) is 4.79 Å². The number of hydrogen-bond donors (Lipinski definition) is 1. The van der Waals surface area contributed by atoms with Gasteiger partial charge < -0.3 is 19.2 Å². The normalized spacial score (nSPS) is 15.6. The Balaban J connectivity index is 1.74. The summed E-state index contributed by atoms with van der Waals surface area (Å²) in [5, 5.41) is 0. The molecule has 8 heteroatoms. The Morgan fingerprint density at radius 3 is 3.00 bits per heavy atom. The number of morpholine rings is 1. The van der Waals surface area contributed by atoms with Crippen molar-refractivity contribution in [2.45, 2.75) is 13.0 Å². The summed E-state index contributed by atoms with van der Waals surface area (Å²) in [6.45, 7) is 3.11. The number of aromatic amines is 1. The van der Waals surface area contributed by atoms with E-state index in [0.29, 0.717) is 44.0 Å². The smallest absolute Gasteiger partial charge is 0.224 e. The summed E-state index contributed by atoms with van der Waals surface area (Å²) in [6, 6.07) is 1.93. The van der Waals surface area contributed by atoms with Crippen LogP contribution in [0.1, 0.15) is 6.42 Å². The fraction of sp³-hybridized carbons (Fsp3) is 0.462. The van der Waals surface area contributed by atoms with Gasteiger partial charge in [0.25, 0.3) is 0 Å². The first-order valence-electron chi connectivity index (χ1n) is 6.75. The number of pyridine rings is 1. The van der Waals surface area contributed by atoms with Gasteiger partial charge in [-0.25, -0.2) is 4.98 Å². The van der Waals surface area contributed by atoms with Crippen LogP contribution in [0.15, 0.2) is 16.7 Å². The molecule has 3 rings (SSSR count). The van der Waals surface area contributed by atoms with Crippen molar-refractivity contribution in [1.29, 1.82) is 0 Å². The van der Waals surface area contributed by atoms with Crippen molar-refractivity contribution in [1.82, 2.24) is 19.4 Å². The van der Waals surface area contributed by atoms with E-state index in [4.69, 9.17) is 17.0 Å². The minimum absolute atomic E-state index is 0.131. The van der Waals surface area contributed by atoms with Gasteiger partial charge in [0.15, 0.2) is 10.4 Å². The van der Waals surface area contributed by atoms with Crippen molar-refractivity contribution in [2.24, 2.45) is 0 Å². The van der Waals surface area contributed by atoms with Gasteiger partial charge in [-0.1, -0.05) is 0 Å². The maximum absolute atomic E-state index is 12.2. The minimum atomic E-state index is 0.131. The molecule has 1 aliphatic heterocycles. The van der Waals surface area contributed by atoms with Crippen LogP contribution in [0, 0.1) is 4.77 Å². The maximum Gasteiger partial charge on any atom is 0.224 e. The first kappa shape index (κ1) is 14.7. The number of H-pyrrole nitrogens is 1. The Bertz CT molecular complexity index is 721. The van der Waals surface area contributed by atoms with E-state index in [1.807, 2.05) is 15.5 Å². The zero-order valence-electron chi connectivity index (χ0n) is 11.3. The first-order chi connectivity index (χ1) is 10.1. The van der Waals surface area contributed by atoms with Gasteiger partial charge in [-0.05, 0) is 34.2 Å². The van der Waals surface area contributed by atoms with Crippen LogP contribution in [0.5, 0.6) is 0 Å². The number of imidazole rings is 1. The minimum Gasteiger partial charge on any atom is -0.378 e. The Hall–Kier alpha value is -1.25. The van der Waals surface area contributed by atoms with Gasteiger partial charge in [-0.15, -0.1) is 0 Å². The van der Waals surface area contributed by atoms with Crippen LogP contribution in [0.4, 0.5) is 0 Å². The van der Waals surface area contributed by atoms with Crippen molar-refractivity contribution >= 4 is 45.2 Å². The van der Waals surface area contributed by atoms with Gasteiger partial charge in [0.2, 0.25) is 5.91 Å². The molecule has 0 saturated carbocycles. The highest BCUT2D eigenvalue weighted by Crippen LogP contribution is 2.17. The average molecular weight is 371 g/mol. The van der Waals surface area contributed by atoms with E-state index in [-0.39, 0.29) is 5.91 Å². The van der Waals surface area contributed by atoms with Crippen molar-refractivity contribution in [3.05, 3.63) is 21.5 Å². The quantitative estimate of drug-likeness (QED) is 0.840. The standard InChI is InChI=1S/C13H15BrN4O2S/c14-9-7-10-12(15-8-9)18(13(21)16-10)2-1-11(19)17-3-5-20-6-4-17/h7-8H,1-6H2,(H,16,21). The van der Waals surface area contributed by atoms with Crippen LogP contribution in [0.2, 0.25) is 0 Å². The number of nitrogens with zero attached hydrogens (tertiary/aromatic N) is 3. The number of hydrogen-bond acceptors (Lipinski definition) is 4. The summed E-state index contributed by atoms with van der Waals surface area (Å²) in [4.78, 5) is 21.5. The fourth-order valence-corrected chi connectivity index (χ4v) is 3.02. The fourth-order valence-electron chi connectivity index (χ4n) is 2.40. The molecule has 6 nitrogen and oxygen atoms in total. The van der Waals surface area contributed by atoms with Crippen molar-refractivity contribution < 1.29 is 9.53 Å². The third-order valence-corrected chi connectivity index (χ3v) is 4.24. The molecular weight excluding hydrogens is 356 g/mol. The van der Waals surface area contributed by atoms with Crippen LogP contribution in [0.25, 0.3) is 11.2 Å². The molecule has 0 aliphatic carbocycles. The molecular formula is C13H15BrN4O2S. The number of carbonyl (C=O) groups is 1. The molecule has 1 saturated heterocycles. The summed E-state index contributed by atoms with van der Waals surface area (Å²) >= 11 is 8.69. The van der Waals surface area contributed by atoms with E-state index in [1.165, 1.54) is 0 Å². The number of fused-ring (bicyclic) bond motifs is 1. The highest BCUT2D eigenvalue weighted by Gasteiger charge is 2.17. The molecule has 0 spiro atoms. The zero-order chi connectivity index (χ0) is 14.8. The lowest BCUT2D eigenvalue weighted by atomic mass is 10.3. The Kier molecular flexibility index (Phi) is 4.37. The summed E-state index contributed by atoms with van der Waals surface area (Å²) in [5.74, 6) is 0.131. The molecule has 1 aliphatic rings. The van der Waals surface area contributed by atoms with Gasteiger partial charge in [-0.3, -0.25) is 4.79 Å². The van der Waals surface area contributed by atoms with Crippen LogP contribution < -0.4 is 0 Å². The topological polar surface area (TPSA) is 63.2 Å². The molecule has 0 atom stereocenters. The molecule has 3 heterocycles. The molecule has 1 amide bonds. The van der Waals surface area contributed by atoms with Crippen molar-refractivity contribution in [2.75, 3.05) is 26.3 Å². The predicted octanol–water partition coefficient (Wildman–Crippen LogP) is 2.11. The highest BCUT2D eigenvalue weighted by atomic mass is 79.9. The van der Waals surface area contributed by atoms with Gasteiger partial charge >= 0.3 is 0 Å². The third kappa shape index (κ3) is 3.17. The maximum atomic E-state index is 12.2. The summed E-state index contributed by atoms with van der Waals surface area (Å²) in [5.41, 5.74) is 1.64. The Morgan fingerprint density at radius 2 is 2.24 bits per heavy atom. The number of carbonyl (C=O) groups excluding carboxylic acids is 1. The molecule has 2 aromatic rings. The number of aromatic nitrogens is 3. The highest BCUT2D eigenvalue weighted by molar-refractivity contribution is 9.10. The van der Waals surface area contributed by atoms with Crippen LogP contribution in [0.3, 0.4) is 0 Å². The lowest BCUT2D eigenvalue weighted by Crippen LogP contribution is -2.40. The molecule has 1 N–H and O–H groups in total.